The summed E-state index contributed by atoms with van der Waals surface area (Å²) in [5, 5.41) is 0. The van der Waals surface area contributed by atoms with Crippen LogP contribution >= 0.6 is 0 Å². The van der Waals surface area contributed by atoms with E-state index >= 15 is 0 Å². The smallest absolute Gasteiger partial charge is 0.122 e. The second-order valence-electron chi connectivity index (χ2n) is 2.98. The van der Waals surface area contributed by atoms with Gasteiger partial charge in [-0.15, -0.1) is 0 Å². The van der Waals surface area contributed by atoms with Crippen LogP contribution in [0.3, 0.4) is 0 Å². The van der Waals surface area contributed by atoms with E-state index in [4.69, 9.17) is 9.47 Å². The van der Waals surface area contributed by atoms with Gasteiger partial charge in [-0.2, -0.15) is 0 Å². The molecule has 0 unspecified atom stereocenters. The number of benzene rings is 1. The molecule has 0 spiro atoms. The molecular weight excluding hydrogens is 164 g/mol. The number of hydrogen-bond donors (Lipinski definition) is 0. The van der Waals surface area contributed by atoms with Gasteiger partial charge in [0.25, 0.3) is 0 Å². The molecule has 13 heavy (non-hydrogen) atoms. The molecule has 0 amide bonds. The average molecular weight is 180 g/mol. The number of methoxy groups -OCH3 is 1. The Kier molecular flexibility index (Phi) is 3.62. The van der Waals surface area contributed by atoms with Gasteiger partial charge >= 0.3 is 0 Å². The van der Waals surface area contributed by atoms with E-state index in [-0.39, 0.29) is 0 Å². The third-order valence-electron chi connectivity index (χ3n) is 1.84. The summed E-state index contributed by atoms with van der Waals surface area (Å²) in [5.41, 5.74) is 1.11. The SMILES string of the molecule is CCCOc1ccc(OC)c(C)c1. The molecule has 1 rings (SSSR count). The molecule has 0 saturated carbocycles. The molecule has 72 valence electrons. The zero-order chi connectivity index (χ0) is 9.68. The van der Waals surface area contributed by atoms with Gasteiger partial charge in [0.15, 0.2) is 0 Å². The fraction of sp³-hybridized carbons (Fsp3) is 0.455. The molecule has 1 aromatic rings. The van der Waals surface area contributed by atoms with Crippen LogP contribution in [0.2, 0.25) is 0 Å². The van der Waals surface area contributed by atoms with Crippen LogP contribution in [-0.4, -0.2) is 13.7 Å². The number of rotatable bonds is 4. The maximum Gasteiger partial charge on any atom is 0.122 e. The lowest BCUT2D eigenvalue weighted by atomic mass is 10.2. The first-order valence-corrected chi connectivity index (χ1v) is 4.55. The van der Waals surface area contributed by atoms with Crippen LogP contribution in [0.25, 0.3) is 0 Å². The van der Waals surface area contributed by atoms with Crippen molar-refractivity contribution in [1.29, 1.82) is 0 Å². The molecule has 2 nitrogen and oxygen atoms in total. The molecule has 0 saturated heterocycles. The highest BCUT2D eigenvalue weighted by molar-refractivity contribution is 5.39. The first kappa shape index (κ1) is 9.90. The largest absolute Gasteiger partial charge is 0.496 e. The Hall–Kier alpha value is -1.18. The fourth-order valence-electron chi connectivity index (χ4n) is 1.16. The third-order valence-corrected chi connectivity index (χ3v) is 1.84. The molecule has 0 radical (unpaired) electrons. The lowest BCUT2D eigenvalue weighted by Gasteiger charge is -2.08. The second-order valence-corrected chi connectivity index (χ2v) is 2.98. The maximum absolute atomic E-state index is 5.48. The molecule has 2 heteroatoms. The summed E-state index contributed by atoms with van der Waals surface area (Å²) in [5.74, 6) is 1.82. The van der Waals surface area contributed by atoms with Crippen LogP contribution in [0.5, 0.6) is 11.5 Å². The molecule has 0 atom stereocenters. The molecule has 0 fully saturated rings. The summed E-state index contributed by atoms with van der Waals surface area (Å²) >= 11 is 0. The van der Waals surface area contributed by atoms with E-state index in [1.807, 2.05) is 25.1 Å². The Labute approximate surface area is 79.5 Å². The highest BCUT2D eigenvalue weighted by atomic mass is 16.5. The molecule has 0 aromatic heterocycles. The molecule has 1 aromatic carbocycles. The van der Waals surface area contributed by atoms with Crippen molar-refractivity contribution >= 4 is 0 Å². The highest BCUT2D eigenvalue weighted by Gasteiger charge is 1.99. The van der Waals surface area contributed by atoms with Gasteiger partial charge in [-0.3, -0.25) is 0 Å². The second kappa shape index (κ2) is 4.75. The average Bonchev–Trinajstić information content (AvgIpc) is 2.15. The summed E-state index contributed by atoms with van der Waals surface area (Å²) in [6, 6.07) is 5.86. The van der Waals surface area contributed by atoms with E-state index in [0.717, 1.165) is 30.1 Å². The Morgan fingerprint density at radius 3 is 2.62 bits per heavy atom. The standard InChI is InChI=1S/C11H16O2/c1-4-7-13-10-5-6-11(12-3)9(2)8-10/h5-6,8H,4,7H2,1-3H3. The van der Waals surface area contributed by atoms with E-state index in [9.17, 15) is 0 Å². The van der Waals surface area contributed by atoms with Gasteiger partial charge in [0.2, 0.25) is 0 Å². The molecule has 0 N–H and O–H groups in total. The highest BCUT2D eigenvalue weighted by Crippen LogP contribution is 2.22. The Morgan fingerprint density at radius 1 is 1.31 bits per heavy atom. The van der Waals surface area contributed by atoms with Crippen LogP contribution in [-0.2, 0) is 0 Å². The summed E-state index contributed by atoms with van der Waals surface area (Å²) < 4.78 is 10.6. The predicted molar refractivity (Wildman–Crippen MR) is 53.5 cm³/mol. The van der Waals surface area contributed by atoms with Crippen LogP contribution in [0.4, 0.5) is 0 Å². The van der Waals surface area contributed by atoms with Crippen molar-refractivity contribution in [2.24, 2.45) is 0 Å². The molecule has 0 aliphatic carbocycles. The van der Waals surface area contributed by atoms with E-state index < -0.39 is 0 Å². The van der Waals surface area contributed by atoms with Gasteiger partial charge in [0.05, 0.1) is 13.7 Å². The fourth-order valence-corrected chi connectivity index (χ4v) is 1.16. The molecule has 0 bridgehead atoms. The summed E-state index contributed by atoms with van der Waals surface area (Å²) in [6.45, 7) is 4.87. The first-order valence-electron chi connectivity index (χ1n) is 4.55. The predicted octanol–water partition coefficient (Wildman–Crippen LogP) is 2.79. The van der Waals surface area contributed by atoms with E-state index in [2.05, 4.69) is 6.92 Å². The van der Waals surface area contributed by atoms with Crippen LogP contribution < -0.4 is 9.47 Å². The van der Waals surface area contributed by atoms with Gasteiger partial charge in [-0.25, -0.2) is 0 Å². The van der Waals surface area contributed by atoms with Crippen molar-refractivity contribution in [3.8, 4) is 11.5 Å². The van der Waals surface area contributed by atoms with Crippen LogP contribution in [0.1, 0.15) is 18.9 Å². The number of ether oxygens (including phenoxy) is 2. The summed E-state index contributed by atoms with van der Waals surface area (Å²) in [6.07, 6.45) is 1.03. The minimum Gasteiger partial charge on any atom is -0.496 e. The molecule has 0 aliphatic rings. The lowest BCUT2D eigenvalue weighted by Crippen LogP contribution is -1.95. The Morgan fingerprint density at radius 2 is 2.08 bits per heavy atom. The maximum atomic E-state index is 5.48. The van der Waals surface area contributed by atoms with Crippen molar-refractivity contribution in [3.05, 3.63) is 23.8 Å². The minimum absolute atomic E-state index is 0.770. The van der Waals surface area contributed by atoms with Gasteiger partial charge in [0.1, 0.15) is 11.5 Å². The van der Waals surface area contributed by atoms with Crippen molar-refractivity contribution in [3.63, 3.8) is 0 Å². The zero-order valence-corrected chi connectivity index (χ0v) is 8.46. The summed E-state index contributed by atoms with van der Waals surface area (Å²) in [4.78, 5) is 0. The van der Waals surface area contributed by atoms with Gasteiger partial charge in [-0.05, 0) is 37.1 Å². The minimum atomic E-state index is 0.770. The van der Waals surface area contributed by atoms with Gasteiger partial charge in [-0.1, -0.05) is 6.92 Å². The molecular formula is C11H16O2. The van der Waals surface area contributed by atoms with E-state index in [1.165, 1.54) is 0 Å². The third kappa shape index (κ3) is 2.65. The molecule has 0 aliphatic heterocycles. The number of hydrogen-bond acceptors (Lipinski definition) is 2. The van der Waals surface area contributed by atoms with Crippen LogP contribution in [0, 0.1) is 6.92 Å². The van der Waals surface area contributed by atoms with Crippen molar-refractivity contribution in [2.75, 3.05) is 13.7 Å². The van der Waals surface area contributed by atoms with Crippen molar-refractivity contribution in [1.82, 2.24) is 0 Å². The quantitative estimate of drug-likeness (QED) is 0.709. The van der Waals surface area contributed by atoms with E-state index in [0.29, 0.717) is 0 Å². The van der Waals surface area contributed by atoms with E-state index in [1.54, 1.807) is 7.11 Å². The lowest BCUT2D eigenvalue weighted by molar-refractivity contribution is 0.316. The first-order chi connectivity index (χ1) is 6.27. The van der Waals surface area contributed by atoms with Crippen molar-refractivity contribution < 1.29 is 9.47 Å². The van der Waals surface area contributed by atoms with Gasteiger partial charge in [0, 0.05) is 0 Å². The Balaban J connectivity index is 2.71. The van der Waals surface area contributed by atoms with Crippen molar-refractivity contribution in [2.45, 2.75) is 20.3 Å². The zero-order valence-electron chi connectivity index (χ0n) is 8.46. The topological polar surface area (TPSA) is 18.5 Å². The number of aryl methyl sites for hydroxylation is 1. The van der Waals surface area contributed by atoms with Gasteiger partial charge < -0.3 is 9.47 Å². The normalized spacial score (nSPS) is 9.77. The van der Waals surface area contributed by atoms with Crippen LogP contribution in [0.15, 0.2) is 18.2 Å². The molecule has 0 heterocycles. The Bertz CT molecular complexity index is 269. The summed E-state index contributed by atoms with van der Waals surface area (Å²) in [7, 11) is 1.68. The monoisotopic (exact) mass is 180 g/mol.